The largest absolute Gasteiger partial charge is 0.369 e. The second kappa shape index (κ2) is 11.0. The van der Waals surface area contributed by atoms with Gasteiger partial charge in [0.1, 0.15) is 5.65 Å². The molecule has 5 heteroatoms. The molecule has 4 aromatic rings. The SMILES string of the molecule is CCCCC(=NC1CC1)c1ccc(-c2c[nH]c3ncc(-c4cc(C)c(N5CCN(C)CC5)c(C)c4)cc23)cc1. The second-order valence-electron chi connectivity index (χ2n) is 11.6. The molecular weight excluding hydrogens is 478 g/mol. The topological polar surface area (TPSA) is 47.5 Å². The van der Waals surface area contributed by atoms with E-state index in [0.717, 1.165) is 49.2 Å². The van der Waals surface area contributed by atoms with Crippen molar-refractivity contribution < 1.29 is 0 Å². The Morgan fingerprint density at radius 2 is 1.67 bits per heavy atom. The summed E-state index contributed by atoms with van der Waals surface area (Å²) < 4.78 is 0. The molecule has 0 atom stereocenters. The number of likely N-dealkylation sites (N-methyl/N-ethyl adjacent to an activating group) is 1. The van der Waals surface area contributed by atoms with E-state index < -0.39 is 0 Å². The normalized spacial score (nSPS) is 16.8. The second-order valence-corrected chi connectivity index (χ2v) is 11.6. The van der Waals surface area contributed by atoms with Gasteiger partial charge in [-0.2, -0.15) is 0 Å². The lowest BCUT2D eigenvalue weighted by molar-refractivity contribution is 0.312. The Hall–Kier alpha value is -3.44. The number of hydrogen-bond donors (Lipinski definition) is 1. The Morgan fingerprint density at radius 1 is 0.949 bits per heavy atom. The van der Waals surface area contributed by atoms with Crippen LogP contribution >= 0.6 is 0 Å². The van der Waals surface area contributed by atoms with E-state index in [4.69, 9.17) is 9.98 Å². The van der Waals surface area contributed by atoms with Crippen molar-refractivity contribution in [1.82, 2.24) is 14.9 Å². The number of hydrogen-bond acceptors (Lipinski definition) is 4. The van der Waals surface area contributed by atoms with Crippen molar-refractivity contribution >= 4 is 22.4 Å². The quantitative estimate of drug-likeness (QED) is 0.247. The van der Waals surface area contributed by atoms with Gasteiger partial charge in [0.25, 0.3) is 0 Å². The minimum absolute atomic E-state index is 0.553. The molecule has 1 aliphatic carbocycles. The van der Waals surface area contributed by atoms with E-state index in [9.17, 15) is 0 Å². The van der Waals surface area contributed by atoms with Crippen LogP contribution in [0.1, 0.15) is 55.7 Å². The van der Waals surface area contributed by atoms with Gasteiger partial charge in [-0.05, 0) is 92.6 Å². The maximum Gasteiger partial charge on any atom is 0.137 e. The van der Waals surface area contributed by atoms with Gasteiger partial charge >= 0.3 is 0 Å². The monoisotopic (exact) mass is 519 g/mol. The van der Waals surface area contributed by atoms with Crippen molar-refractivity contribution in [2.75, 3.05) is 38.1 Å². The minimum Gasteiger partial charge on any atom is -0.369 e. The van der Waals surface area contributed by atoms with Crippen molar-refractivity contribution in [2.45, 2.75) is 58.9 Å². The Balaban J connectivity index is 1.29. The number of nitrogens with zero attached hydrogens (tertiary/aromatic N) is 4. The number of benzene rings is 2. The summed E-state index contributed by atoms with van der Waals surface area (Å²) in [5.41, 5.74) is 12.4. The van der Waals surface area contributed by atoms with E-state index in [1.165, 1.54) is 70.5 Å². The van der Waals surface area contributed by atoms with Crippen LogP contribution in [0.2, 0.25) is 0 Å². The summed E-state index contributed by atoms with van der Waals surface area (Å²) in [5, 5.41) is 1.16. The summed E-state index contributed by atoms with van der Waals surface area (Å²) in [6, 6.07) is 16.5. The first-order chi connectivity index (χ1) is 19.0. The van der Waals surface area contributed by atoms with Crippen molar-refractivity contribution in [3.63, 3.8) is 0 Å². The van der Waals surface area contributed by atoms with Crippen LogP contribution in [0, 0.1) is 13.8 Å². The van der Waals surface area contributed by atoms with Crippen LogP contribution in [0.25, 0.3) is 33.3 Å². The highest BCUT2D eigenvalue weighted by Gasteiger charge is 2.22. The fraction of sp³-hybridized carbons (Fsp3) is 0.412. The molecule has 2 aromatic heterocycles. The highest BCUT2D eigenvalue weighted by Crippen LogP contribution is 2.35. The standard InChI is InChI=1S/C34H41N5/c1-5-6-7-32(37-29-12-13-29)26-10-8-25(9-11-26)31-22-36-34-30(31)20-28(21-35-34)27-18-23(2)33(24(3)19-27)39-16-14-38(4)15-17-39/h8-11,18-22,29H,5-7,12-17H2,1-4H3,(H,35,36). The molecule has 2 aromatic carbocycles. The van der Waals surface area contributed by atoms with Crippen LogP contribution in [-0.4, -0.2) is 59.8 Å². The zero-order valence-corrected chi connectivity index (χ0v) is 23.9. The van der Waals surface area contributed by atoms with Crippen molar-refractivity contribution in [2.24, 2.45) is 4.99 Å². The molecule has 6 rings (SSSR count). The van der Waals surface area contributed by atoms with Crippen LogP contribution in [-0.2, 0) is 0 Å². The molecule has 0 amide bonds. The van der Waals surface area contributed by atoms with Gasteiger partial charge < -0.3 is 14.8 Å². The number of pyridine rings is 1. The molecule has 0 spiro atoms. The number of aromatic nitrogens is 2. The molecule has 0 bridgehead atoms. The molecule has 0 unspecified atom stereocenters. The number of aliphatic imine (C=N–C) groups is 1. The third-order valence-electron chi connectivity index (χ3n) is 8.36. The number of aromatic amines is 1. The lowest BCUT2D eigenvalue weighted by Crippen LogP contribution is -2.45. The first-order valence-corrected chi connectivity index (χ1v) is 14.7. The van der Waals surface area contributed by atoms with Gasteiger partial charge in [-0.1, -0.05) is 37.6 Å². The number of anilines is 1. The Kier molecular flexibility index (Phi) is 7.26. The van der Waals surface area contributed by atoms with Gasteiger partial charge in [0, 0.05) is 66.5 Å². The zero-order chi connectivity index (χ0) is 26.9. The van der Waals surface area contributed by atoms with Crippen molar-refractivity contribution in [3.05, 3.63) is 71.5 Å². The maximum atomic E-state index is 5.03. The van der Waals surface area contributed by atoms with Gasteiger partial charge in [0.15, 0.2) is 0 Å². The number of piperazine rings is 1. The first kappa shape index (κ1) is 25.8. The molecule has 0 radical (unpaired) electrons. The van der Waals surface area contributed by atoms with E-state index in [0.29, 0.717) is 6.04 Å². The molecule has 2 fully saturated rings. The Morgan fingerprint density at radius 3 is 2.33 bits per heavy atom. The highest BCUT2D eigenvalue weighted by molar-refractivity contribution is 6.02. The van der Waals surface area contributed by atoms with E-state index in [2.05, 4.69) is 91.3 Å². The average molecular weight is 520 g/mol. The molecule has 1 saturated heterocycles. The summed E-state index contributed by atoms with van der Waals surface area (Å²) in [4.78, 5) is 18.2. The van der Waals surface area contributed by atoms with Gasteiger partial charge in [-0.3, -0.25) is 4.99 Å². The van der Waals surface area contributed by atoms with E-state index in [-0.39, 0.29) is 0 Å². The zero-order valence-electron chi connectivity index (χ0n) is 23.9. The average Bonchev–Trinajstić information content (AvgIpc) is 3.67. The number of H-pyrrole nitrogens is 1. The Bertz CT molecular complexity index is 1460. The number of nitrogens with one attached hydrogen (secondary N) is 1. The number of aryl methyl sites for hydroxylation is 2. The predicted octanol–water partition coefficient (Wildman–Crippen LogP) is 7.41. The van der Waals surface area contributed by atoms with Crippen LogP contribution in [0.3, 0.4) is 0 Å². The molecule has 3 heterocycles. The van der Waals surface area contributed by atoms with Crippen LogP contribution in [0.15, 0.2) is 59.9 Å². The van der Waals surface area contributed by atoms with E-state index in [1.54, 1.807) is 0 Å². The van der Waals surface area contributed by atoms with Gasteiger partial charge in [-0.15, -0.1) is 0 Å². The molecule has 1 N–H and O–H groups in total. The third kappa shape index (κ3) is 5.51. The molecule has 5 nitrogen and oxygen atoms in total. The van der Waals surface area contributed by atoms with Crippen LogP contribution in [0.4, 0.5) is 5.69 Å². The van der Waals surface area contributed by atoms with Crippen LogP contribution in [0.5, 0.6) is 0 Å². The number of rotatable bonds is 8. The maximum absolute atomic E-state index is 5.03. The molecule has 202 valence electrons. The number of unbranched alkanes of at least 4 members (excludes halogenated alkanes) is 1. The first-order valence-electron chi connectivity index (χ1n) is 14.7. The fourth-order valence-electron chi connectivity index (χ4n) is 5.95. The lowest BCUT2D eigenvalue weighted by Gasteiger charge is -2.36. The lowest BCUT2D eigenvalue weighted by atomic mass is 9.96. The summed E-state index contributed by atoms with van der Waals surface area (Å²) in [5.74, 6) is 0. The summed E-state index contributed by atoms with van der Waals surface area (Å²) in [6.07, 6.45) is 10.1. The molecule has 1 aliphatic heterocycles. The molecule has 2 aliphatic rings. The van der Waals surface area contributed by atoms with E-state index >= 15 is 0 Å². The highest BCUT2D eigenvalue weighted by atomic mass is 15.2. The molecule has 39 heavy (non-hydrogen) atoms. The summed E-state index contributed by atoms with van der Waals surface area (Å²) in [7, 11) is 2.21. The third-order valence-corrected chi connectivity index (χ3v) is 8.36. The summed E-state index contributed by atoms with van der Waals surface area (Å²) >= 11 is 0. The van der Waals surface area contributed by atoms with Gasteiger partial charge in [0.2, 0.25) is 0 Å². The smallest absolute Gasteiger partial charge is 0.137 e. The molecular formula is C34H41N5. The molecule has 1 saturated carbocycles. The van der Waals surface area contributed by atoms with Crippen molar-refractivity contribution in [1.29, 1.82) is 0 Å². The van der Waals surface area contributed by atoms with Crippen LogP contribution < -0.4 is 4.90 Å². The minimum atomic E-state index is 0.553. The fourth-order valence-corrected chi connectivity index (χ4v) is 5.95. The van der Waals surface area contributed by atoms with Gasteiger partial charge in [0.05, 0.1) is 6.04 Å². The predicted molar refractivity (Wildman–Crippen MR) is 165 cm³/mol. The van der Waals surface area contributed by atoms with Gasteiger partial charge in [-0.25, -0.2) is 4.98 Å². The number of fused-ring (bicyclic) bond motifs is 1. The summed E-state index contributed by atoms with van der Waals surface area (Å²) in [6.45, 7) is 11.2. The Labute approximate surface area is 233 Å². The van der Waals surface area contributed by atoms with Crippen molar-refractivity contribution in [3.8, 4) is 22.3 Å². The van der Waals surface area contributed by atoms with E-state index in [1.807, 2.05) is 6.20 Å².